The van der Waals surface area contributed by atoms with Gasteiger partial charge in [0.1, 0.15) is 5.75 Å². The van der Waals surface area contributed by atoms with Crippen LogP contribution < -0.4 is 15.8 Å². The van der Waals surface area contributed by atoms with Gasteiger partial charge in [0.25, 0.3) is 0 Å². The second kappa shape index (κ2) is 8.74. The fourth-order valence-corrected chi connectivity index (χ4v) is 2.31. The maximum atomic E-state index is 11.9. The number of carbonyl (C=O) groups excluding carboxylic acids is 1. The zero-order chi connectivity index (χ0) is 14.4. The Balaban J connectivity index is 0.00000220. The summed E-state index contributed by atoms with van der Waals surface area (Å²) in [7, 11) is 1.58. The molecule has 1 aliphatic rings. The number of carbonyl (C=O) groups is 1. The second-order valence-electron chi connectivity index (χ2n) is 5.03. The molecule has 0 saturated carbocycles. The van der Waals surface area contributed by atoms with E-state index >= 15 is 0 Å². The zero-order valence-electron chi connectivity index (χ0n) is 12.3. The maximum absolute atomic E-state index is 11.9. The molecule has 0 aliphatic carbocycles. The van der Waals surface area contributed by atoms with Crippen LogP contribution in [0.5, 0.6) is 5.75 Å². The van der Waals surface area contributed by atoms with E-state index in [4.69, 9.17) is 15.2 Å². The minimum Gasteiger partial charge on any atom is -0.497 e. The monoisotopic (exact) mass is 314 g/mol. The minimum absolute atomic E-state index is 0. The summed E-state index contributed by atoms with van der Waals surface area (Å²) in [6.45, 7) is 0.815. The number of benzene rings is 1. The van der Waals surface area contributed by atoms with Crippen molar-refractivity contribution in [1.82, 2.24) is 0 Å². The van der Waals surface area contributed by atoms with Gasteiger partial charge in [-0.05, 0) is 37.8 Å². The molecule has 0 aromatic heterocycles. The highest BCUT2D eigenvalue weighted by Crippen LogP contribution is 2.25. The van der Waals surface area contributed by atoms with Crippen molar-refractivity contribution in [2.75, 3.05) is 24.8 Å². The van der Waals surface area contributed by atoms with Crippen molar-refractivity contribution in [3.63, 3.8) is 0 Å². The van der Waals surface area contributed by atoms with Gasteiger partial charge in [0.15, 0.2) is 0 Å². The molecule has 1 aliphatic heterocycles. The fourth-order valence-electron chi connectivity index (χ4n) is 2.31. The van der Waals surface area contributed by atoms with Gasteiger partial charge in [-0.1, -0.05) is 0 Å². The quantitative estimate of drug-likeness (QED) is 0.819. The molecule has 21 heavy (non-hydrogen) atoms. The van der Waals surface area contributed by atoms with Crippen LogP contribution in [0.1, 0.15) is 32.1 Å². The number of hydrogen-bond acceptors (Lipinski definition) is 4. The van der Waals surface area contributed by atoms with Gasteiger partial charge in [0, 0.05) is 19.1 Å². The molecule has 1 heterocycles. The molecule has 1 fully saturated rings. The first-order chi connectivity index (χ1) is 9.69. The van der Waals surface area contributed by atoms with Crippen LogP contribution in [0.25, 0.3) is 0 Å². The Bertz CT molecular complexity index is 462. The lowest BCUT2D eigenvalue weighted by atomic mass is 10.0. The van der Waals surface area contributed by atoms with Crippen molar-refractivity contribution in [3.8, 4) is 5.75 Å². The molecular formula is C15H23ClN2O3. The van der Waals surface area contributed by atoms with E-state index in [0.717, 1.165) is 25.9 Å². The third-order valence-corrected chi connectivity index (χ3v) is 3.50. The highest BCUT2D eigenvalue weighted by atomic mass is 35.5. The van der Waals surface area contributed by atoms with Crippen LogP contribution in [0.4, 0.5) is 11.4 Å². The molecule has 1 unspecified atom stereocenters. The van der Waals surface area contributed by atoms with E-state index in [2.05, 4.69) is 5.32 Å². The zero-order valence-corrected chi connectivity index (χ0v) is 13.1. The Kier molecular flexibility index (Phi) is 7.32. The molecule has 0 spiro atoms. The highest BCUT2D eigenvalue weighted by molar-refractivity contribution is 5.94. The molecule has 6 heteroatoms. The maximum Gasteiger partial charge on any atom is 0.224 e. The molecular weight excluding hydrogens is 292 g/mol. The van der Waals surface area contributed by atoms with Gasteiger partial charge in [0.2, 0.25) is 5.91 Å². The number of anilines is 2. The average molecular weight is 315 g/mol. The summed E-state index contributed by atoms with van der Waals surface area (Å²) in [6, 6.07) is 5.21. The normalized spacial score (nSPS) is 17.7. The predicted molar refractivity (Wildman–Crippen MR) is 86.1 cm³/mol. The number of methoxy groups -OCH3 is 1. The molecule has 0 radical (unpaired) electrons. The summed E-state index contributed by atoms with van der Waals surface area (Å²) >= 11 is 0. The molecule has 5 nitrogen and oxygen atoms in total. The number of amides is 1. The molecule has 2 rings (SSSR count). The van der Waals surface area contributed by atoms with Crippen LogP contribution in [0, 0.1) is 0 Å². The first kappa shape index (κ1) is 17.6. The fraction of sp³-hybridized carbons (Fsp3) is 0.533. The van der Waals surface area contributed by atoms with Gasteiger partial charge in [-0.15, -0.1) is 12.4 Å². The standard InChI is InChI=1S/C15H22N2O3.ClH/c1-19-12-5-7-13(16)14(10-12)17-15(18)8-6-11-4-2-3-9-20-11;/h5,7,10-11H,2-4,6,8-9,16H2,1H3,(H,17,18);1H. The first-order valence-electron chi connectivity index (χ1n) is 7.04. The van der Waals surface area contributed by atoms with E-state index in [1.807, 2.05) is 0 Å². The van der Waals surface area contributed by atoms with E-state index in [-0.39, 0.29) is 24.4 Å². The smallest absolute Gasteiger partial charge is 0.224 e. The first-order valence-corrected chi connectivity index (χ1v) is 7.04. The minimum atomic E-state index is -0.0425. The Labute approximate surface area is 131 Å². The van der Waals surface area contributed by atoms with Crippen molar-refractivity contribution in [3.05, 3.63) is 18.2 Å². The number of halogens is 1. The summed E-state index contributed by atoms with van der Waals surface area (Å²) in [6.07, 6.45) is 4.79. The number of nitrogen functional groups attached to an aromatic ring is 1. The predicted octanol–water partition coefficient (Wildman–Crippen LogP) is 2.99. The van der Waals surface area contributed by atoms with Crippen LogP contribution in [0.3, 0.4) is 0 Å². The molecule has 1 atom stereocenters. The summed E-state index contributed by atoms with van der Waals surface area (Å²) in [5, 5.41) is 2.83. The van der Waals surface area contributed by atoms with Crippen LogP contribution in [0.15, 0.2) is 18.2 Å². The van der Waals surface area contributed by atoms with E-state index in [1.165, 1.54) is 6.42 Å². The van der Waals surface area contributed by atoms with Crippen molar-refractivity contribution in [1.29, 1.82) is 0 Å². The van der Waals surface area contributed by atoms with E-state index in [1.54, 1.807) is 25.3 Å². The van der Waals surface area contributed by atoms with Gasteiger partial charge in [-0.2, -0.15) is 0 Å². The topological polar surface area (TPSA) is 73.6 Å². The Morgan fingerprint density at radius 2 is 2.29 bits per heavy atom. The summed E-state index contributed by atoms with van der Waals surface area (Å²) in [5.74, 6) is 0.629. The SMILES string of the molecule is COc1ccc(N)c(NC(=O)CCC2CCCCO2)c1.Cl. The molecule has 0 bridgehead atoms. The van der Waals surface area contributed by atoms with Crippen molar-refractivity contribution < 1.29 is 14.3 Å². The molecule has 1 aromatic carbocycles. The summed E-state index contributed by atoms with van der Waals surface area (Å²) in [5.41, 5.74) is 6.97. The Hall–Kier alpha value is -1.46. The second-order valence-corrected chi connectivity index (χ2v) is 5.03. The lowest BCUT2D eigenvalue weighted by molar-refractivity contribution is -0.117. The Morgan fingerprint density at radius 1 is 1.48 bits per heavy atom. The van der Waals surface area contributed by atoms with E-state index in [9.17, 15) is 4.79 Å². The highest BCUT2D eigenvalue weighted by Gasteiger charge is 2.15. The molecule has 1 aromatic rings. The Morgan fingerprint density at radius 3 is 2.95 bits per heavy atom. The van der Waals surface area contributed by atoms with Gasteiger partial charge < -0.3 is 20.5 Å². The molecule has 1 amide bonds. The number of nitrogens with two attached hydrogens (primary N) is 1. The van der Waals surface area contributed by atoms with E-state index < -0.39 is 0 Å². The number of ether oxygens (including phenoxy) is 2. The number of rotatable bonds is 5. The molecule has 1 saturated heterocycles. The van der Waals surface area contributed by atoms with Crippen LogP contribution >= 0.6 is 12.4 Å². The lowest BCUT2D eigenvalue weighted by Gasteiger charge is -2.22. The van der Waals surface area contributed by atoms with Crippen LogP contribution in [0.2, 0.25) is 0 Å². The third kappa shape index (κ3) is 5.44. The van der Waals surface area contributed by atoms with Gasteiger partial charge >= 0.3 is 0 Å². The van der Waals surface area contributed by atoms with Crippen LogP contribution in [-0.2, 0) is 9.53 Å². The number of nitrogens with one attached hydrogen (secondary N) is 1. The third-order valence-electron chi connectivity index (χ3n) is 3.50. The van der Waals surface area contributed by atoms with E-state index in [0.29, 0.717) is 23.5 Å². The summed E-state index contributed by atoms with van der Waals surface area (Å²) < 4.78 is 10.7. The summed E-state index contributed by atoms with van der Waals surface area (Å²) in [4.78, 5) is 11.9. The molecule has 3 N–H and O–H groups in total. The van der Waals surface area contributed by atoms with Gasteiger partial charge in [-0.25, -0.2) is 0 Å². The van der Waals surface area contributed by atoms with Crippen molar-refractivity contribution in [2.24, 2.45) is 0 Å². The van der Waals surface area contributed by atoms with Crippen LogP contribution in [-0.4, -0.2) is 25.7 Å². The lowest BCUT2D eigenvalue weighted by Crippen LogP contribution is -2.22. The molecule has 118 valence electrons. The number of hydrogen-bond donors (Lipinski definition) is 2. The average Bonchev–Trinajstić information content (AvgIpc) is 2.48. The van der Waals surface area contributed by atoms with Gasteiger partial charge in [0.05, 0.1) is 24.6 Å². The largest absolute Gasteiger partial charge is 0.497 e. The van der Waals surface area contributed by atoms with Crippen molar-refractivity contribution >= 4 is 29.7 Å². The van der Waals surface area contributed by atoms with Gasteiger partial charge in [-0.3, -0.25) is 4.79 Å². The van der Waals surface area contributed by atoms with Crippen molar-refractivity contribution in [2.45, 2.75) is 38.2 Å².